The van der Waals surface area contributed by atoms with Crippen molar-refractivity contribution in [2.75, 3.05) is 6.61 Å². The van der Waals surface area contributed by atoms with Gasteiger partial charge in [-0.15, -0.1) is 0 Å². The monoisotopic (exact) mass is 270 g/mol. The largest absolute Gasteiger partial charge is 0.394 e. The van der Waals surface area contributed by atoms with E-state index in [-0.39, 0.29) is 6.61 Å². The van der Waals surface area contributed by atoms with Crippen LogP contribution in [0.25, 0.3) is 0 Å². The summed E-state index contributed by atoms with van der Waals surface area (Å²) in [6.45, 7) is -0.264. The summed E-state index contributed by atoms with van der Waals surface area (Å²) in [6.07, 6.45) is -6.17. The average molecular weight is 270 g/mol. The summed E-state index contributed by atoms with van der Waals surface area (Å²) in [5.41, 5.74) is 0.888. The lowest BCUT2D eigenvalue weighted by Crippen LogP contribution is -2.59. The third-order valence-corrected chi connectivity index (χ3v) is 3.11. The van der Waals surface area contributed by atoms with Crippen LogP contribution in [0.15, 0.2) is 30.3 Å². The zero-order valence-corrected chi connectivity index (χ0v) is 10.3. The van der Waals surface area contributed by atoms with Gasteiger partial charge in [-0.1, -0.05) is 30.3 Å². The molecule has 2 rings (SSSR count). The summed E-state index contributed by atoms with van der Waals surface area (Å²) in [4.78, 5) is 0. The lowest BCUT2D eigenvalue weighted by Gasteiger charge is -2.39. The Balaban J connectivity index is 1.95. The van der Waals surface area contributed by atoms with Gasteiger partial charge in [-0.3, -0.25) is 0 Å². The molecule has 0 radical (unpaired) electrons. The second-order valence-electron chi connectivity index (χ2n) is 4.49. The van der Waals surface area contributed by atoms with Crippen molar-refractivity contribution in [2.24, 2.45) is 0 Å². The lowest BCUT2D eigenvalue weighted by atomic mass is 9.99. The first-order valence-corrected chi connectivity index (χ1v) is 6.09. The van der Waals surface area contributed by atoms with Crippen LogP contribution in [-0.4, -0.2) is 57.7 Å². The minimum Gasteiger partial charge on any atom is -0.394 e. The number of aliphatic hydroxyl groups excluding tert-OH is 4. The Bertz CT molecular complexity index is 382. The first kappa shape index (κ1) is 14.4. The van der Waals surface area contributed by atoms with Crippen LogP contribution < -0.4 is 0 Å². The maximum absolute atomic E-state index is 9.76. The molecule has 1 saturated heterocycles. The van der Waals surface area contributed by atoms with Crippen molar-refractivity contribution in [1.82, 2.24) is 0 Å². The quantitative estimate of drug-likeness (QED) is 0.560. The van der Waals surface area contributed by atoms with E-state index < -0.39 is 37.3 Å². The molecule has 0 amide bonds. The summed E-state index contributed by atoms with van der Waals surface area (Å²) in [5, 5.41) is 38.0. The van der Waals surface area contributed by atoms with Crippen molar-refractivity contribution < 1.29 is 29.9 Å². The molecule has 0 saturated carbocycles. The highest BCUT2D eigenvalue weighted by atomic mass is 16.7. The topological polar surface area (TPSA) is 99.4 Å². The molecule has 0 bridgehead atoms. The van der Waals surface area contributed by atoms with E-state index in [2.05, 4.69) is 0 Å². The van der Waals surface area contributed by atoms with Gasteiger partial charge in [0.2, 0.25) is 0 Å². The van der Waals surface area contributed by atoms with Crippen molar-refractivity contribution in [3.63, 3.8) is 0 Å². The second kappa shape index (κ2) is 6.42. The highest BCUT2D eigenvalue weighted by Crippen LogP contribution is 2.22. The van der Waals surface area contributed by atoms with Gasteiger partial charge < -0.3 is 29.9 Å². The van der Waals surface area contributed by atoms with Gasteiger partial charge in [-0.25, -0.2) is 0 Å². The molecule has 0 aliphatic carbocycles. The fourth-order valence-corrected chi connectivity index (χ4v) is 1.96. The summed E-state index contributed by atoms with van der Waals surface area (Å²) in [7, 11) is 0. The van der Waals surface area contributed by atoms with E-state index in [9.17, 15) is 15.3 Å². The first-order valence-electron chi connectivity index (χ1n) is 6.09. The Morgan fingerprint density at radius 3 is 2.32 bits per heavy atom. The standard InChI is InChI=1S/C13H18O6/c14-6-9-10(15)11(16)12(17)13(19-9)18-7-8-4-2-1-3-5-8/h1-5,9-17H,6-7H2/t9-,10+,11-,12+,13-/m1/s1. The van der Waals surface area contributed by atoms with Crippen molar-refractivity contribution in [2.45, 2.75) is 37.3 Å². The molecule has 1 aliphatic heterocycles. The van der Waals surface area contributed by atoms with E-state index in [0.717, 1.165) is 5.56 Å². The number of ether oxygens (including phenoxy) is 2. The maximum Gasteiger partial charge on any atom is 0.187 e. The van der Waals surface area contributed by atoms with Gasteiger partial charge in [0.25, 0.3) is 0 Å². The Labute approximate surface area is 110 Å². The molecule has 19 heavy (non-hydrogen) atoms. The van der Waals surface area contributed by atoms with Gasteiger partial charge in [-0.05, 0) is 5.56 Å². The Morgan fingerprint density at radius 2 is 1.68 bits per heavy atom. The summed E-state index contributed by atoms with van der Waals surface area (Å²) >= 11 is 0. The molecule has 5 atom stereocenters. The fourth-order valence-electron chi connectivity index (χ4n) is 1.96. The van der Waals surface area contributed by atoms with Crippen molar-refractivity contribution in [1.29, 1.82) is 0 Å². The van der Waals surface area contributed by atoms with E-state index in [1.807, 2.05) is 30.3 Å². The molecule has 4 N–H and O–H groups in total. The molecule has 0 unspecified atom stereocenters. The van der Waals surface area contributed by atoms with Gasteiger partial charge in [-0.2, -0.15) is 0 Å². The average Bonchev–Trinajstić information content (AvgIpc) is 2.45. The molecular weight excluding hydrogens is 252 g/mol. The second-order valence-corrected chi connectivity index (χ2v) is 4.49. The molecule has 1 heterocycles. The van der Waals surface area contributed by atoms with Crippen LogP contribution in [0.1, 0.15) is 5.56 Å². The van der Waals surface area contributed by atoms with E-state index in [4.69, 9.17) is 14.6 Å². The normalized spacial score (nSPS) is 35.3. The lowest BCUT2D eigenvalue weighted by molar-refractivity contribution is -0.304. The van der Waals surface area contributed by atoms with Gasteiger partial charge in [0.1, 0.15) is 24.4 Å². The Hall–Kier alpha value is -1.02. The summed E-state index contributed by atoms with van der Waals surface area (Å²) < 4.78 is 10.6. The SMILES string of the molecule is OC[C@H]1O[C@@H](OCc2ccccc2)[C@@H](O)[C@H](O)[C@H]1O. The van der Waals surface area contributed by atoms with E-state index in [0.29, 0.717) is 0 Å². The van der Waals surface area contributed by atoms with Gasteiger partial charge >= 0.3 is 0 Å². The number of hydrogen-bond donors (Lipinski definition) is 4. The summed E-state index contributed by atoms with van der Waals surface area (Å²) in [5.74, 6) is 0. The number of benzene rings is 1. The molecular formula is C13H18O6. The first-order chi connectivity index (χ1) is 9.13. The van der Waals surface area contributed by atoms with Crippen LogP contribution in [0.3, 0.4) is 0 Å². The molecule has 1 aliphatic rings. The third-order valence-electron chi connectivity index (χ3n) is 3.11. The maximum atomic E-state index is 9.76. The number of aliphatic hydroxyl groups is 4. The molecule has 1 aromatic carbocycles. The van der Waals surface area contributed by atoms with E-state index in [1.165, 1.54) is 0 Å². The van der Waals surface area contributed by atoms with Crippen LogP contribution in [0.4, 0.5) is 0 Å². The zero-order chi connectivity index (χ0) is 13.8. The van der Waals surface area contributed by atoms with Crippen molar-refractivity contribution in [3.05, 3.63) is 35.9 Å². The van der Waals surface area contributed by atoms with Crippen LogP contribution in [-0.2, 0) is 16.1 Å². The molecule has 0 spiro atoms. The molecule has 1 fully saturated rings. The van der Waals surface area contributed by atoms with Crippen LogP contribution in [0.2, 0.25) is 0 Å². The molecule has 0 aromatic heterocycles. The number of rotatable bonds is 4. The van der Waals surface area contributed by atoms with Gasteiger partial charge in [0.15, 0.2) is 6.29 Å². The van der Waals surface area contributed by atoms with Crippen LogP contribution >= 0.6 is 0 Å². The minimum atomic E-state index is -1.41. The minimum absolute atomic E-state index is 0.198. The number of hydrogen-bond acceptors (Lipinski definition) is 6. The van der Waals surface area contributed by atoms with Gasteiger partial charge in [0.05, 0.1) is 13.2 Å². The summed E-state index contributed by atoms with van der Waals surface area (Å²) in [6, 6.07) is 9.28. The zero-order valence-electron chi connectivity index (χ0n) is 10.3. The predicted octanol–water partition coefficient (Wildman–Crippen LogP) is -0.997. The van der Waals surface area contributed by atoms with Gasteiger partial charge in [0, 0.05) is 0 Å². The van der Waals surface area contributed by atoms with Crippen molar-refractivity contribution in [3.8, 4) is 0 Å². The molecule has 6 heteroatoms. The van der Waals surface area contributed by atoms with E-state index in [1.54, 1.807) is 0 Å². The van der Waals surface area contributed by atoms with Crippen LogP contribution in [0, 0.1) is 0 Å². The Morgan fingerprint density at radius 1 is 1.00 bits per heavy atom. The molecule has 6 nitrogen and oxygen atoms in total. The highest BCUT2D eigenvalue weighted by Gasteiger charge is 2.43. The molecule has 1 aromatic rings. The Kier molecular flexibility index (Phi) is 4.87. The predicted molar refractivity (Wildman–Crippen MR) is 65.0 cm³/mol. The van der Waals surface area contributed by atoms with Crippen molar-refractivity contribution >= 4 is 0 Å². The van der Waals surface area contributed by atoms with E-state index >= 15 is 0 Å². The molecule has 106 valence electrons. The smallest absolute Gasteiger partial charge is 0.187 e. The third kappa shape index (κ3) is 3.30. The fraction of sp³-hybridized carbons (Fsp3) is 0.538. The van der Waals surface area contributed by atoms with Crippen LogP contribution in [0.5, 0.6) is 0 Å². The highest BCUT2D eigenvalue weighted by molar-refractivity contribution is 5.13.